The number of aromatic nitrogens is 2. The average Bonchev–Trinajstić information content (AvgIpc) is 3.22. The number of nitrogens with one attached hydrogen (secondary N) is 1. The van der Waals surface area contributed by atoms with Crippen LogP contribution in [0, 0.1) is 5.82 Å². The number of aromatic amines is 1. The van der Waals surface area contributed by atoms with Crippen molar-refractivity contribution < 1.29 is 13.9 Å². The second kappa shape index (κ2) is 9.70. The van der Waals surface area contributed by atoms with Crippen molar-refractivity contribution in [3.05, 3.63) is 59.7 Å². The Bertz CT molecular complexity index is 1020. The van der Waals surface area contributed by atoms with Crippen molar-refractivity contribution in [2.75, 3.05) is 39.0 Å². The molecule has 1 unspecified atom stereocenters. The third-order valence-electron chi connectivity index (χ3n) is 5.61. The fraction of sp³-hybridized carbons (Fsp3) is 0.391. The summed E-state index contributed by atoms with van der Waals surface area (Å²) in [4.78, 5) is 24.8. The molecule has 3 aromatic rings. The van der Waals surface area contributed by atoms with E-state index in [0.29, 0.717) is 31.1 Å². The summed E-state index contributed by atoms with van der Waals surface area (Å²) in [7, 11) is 1.59. The monoisotopic (exact) mass is 442 g/mol. The third kappa shape index (κ3) is 5.19. The van der Waals surface area contributed by atoms with Crippen molar-refractivity contribution in [1.82, 2.24) is 19.8 Å². The molecule has 0 spiro atoms. The van der Waals surface area contributed by atoms with Crippen LogP contribution in [-0.4, -0.2) is 64.7 Å². The van der Waals surface area contributed by atoms with Crippen LogP contribution in [0.5, 0.6) is 5.75 Å². The second-order valence-corrected chi connectivity index (χ2v) is 9.03. The Kier molecular flexibility index (Phi) is 6.77. The number of amides is 1. The number of imidazole rings is 1. The predicted octanol–water partition coefficient (Wildman–Crippen LogP) is 3.85. The van der Waals surface area contributed by atoms with Crippen LogP contribution < -0.4 is 4.74 Å². The van der Waals surface area contributed by atoms with Crippen molar-refractivity contribution in [2.45, 2.75) is 18.7 Å². The maximum absolute atomic E-state index is 13.6. The van der Waals surface area contributed by atoms with Crippen molar-refractivity contribution in [2.24, 2.45) is 0 Å². The van der Waals surface area contributed by atoms with Crippen molar-refractivity contribution in [3.8, 4) is 5.75 Å². The summed E-state index contributed by atoms with van der Waals surface area (Å²) in [6, 6.07) is 12.5. The van der Waals surface area contributed by atoms with Gasteiger partial charge in [-0.1, -0.05) is 12.1 Å². The normalized spacial score (nSPS) is 15.9. The van der Waals surface area contributed by atoms with Crippen LogP contribution >= 0.6 is 11.8 Å². The molecule has 0 saturated carbocycles. The number of hydrogen-bond acceptors (Lipinski definition) is 5. The number of fused-ring (bicyclic) bond motifs is 1. The van der Waals surface area contributed by atoms with Gasteiger partial charge >= 0.3 is 0 Å². The van der Waals surface area contributed by atoms with Gasteiger partial charge in [0.05, 0.1) is 29.1 Å². The van der Waals surface area contributed by atoms with E-state index in [1.807, 2.05) is 29.2 Å². The molecule has 4 rings (SSSR count). The zero-order chi connectivity index (χ0) is 21.8. The van der Waals surface area contributed by atoms with E-state index in [-0.39, 0.29) is 17.0 Å². The maximum Gasteiger partial charge on any atom is 0.232 e. The van der Waals surface area contributed by atoms with E-state index in [1.54, 1.807) is 24.9 Å². The maximum atomic E-state index is 13.6. The highest BCUT2D eigenvalue weighted by molar-refractivity contribution is 8.00. The fourth-order valence-corrected chi connectivity index (χ4v) is 4.64. The molecule has 1 aliphatic heterocycles. The van der Waals surface area contributed by atoms with Crippen LogP contribution in [0.2, 0.25) is 0 Å². The van der Waals surface area contributed by atoms with Gasteiger partial charge in [-0.2, -0.15) is 0 Å². The van der Waals surface area contributed by atoms with Gasteiger partial charge in [-0.25, -0.2) is 9.37 Å². The number of para-hydroxylation sites is 2. The largest absolute Gasteiger partial charge is 0.496 e. The predicted molar refractivity (Wildman–Crippen MR) is 122 cm³/mol. The molecule has 1 aromatic heterocycles. The second-order valence-electron chi connectivity index (χ2n) is 7.71. The number of piperazine rings is 1. The lowest BCUT2D eigenvalue weighted by atomic mass is 10.1. The van der Waals surface area contributed by atoms with E-state index in [4.69, 9.17) is 4.74 Å². The number of halogens is 1. The Morgan fingerprint density at radius 2 is 2.00 bits per heavy atom. The minimum Gasteiger partial charge on any atom is -0.496 e. The Hall–Kier alpha value is -2.58. The highest BCUT2D eigenvalue weighted by Gasteiger charge is 2.23. The summed E-state index contributed by atoms with van der Waals surface area (Å²) in [6.07, 6.45) is 0. The van der Waals surface area contributed by atoms with Crippen LogP contribution in [-0.2, 0) is 11.3 Å². The molecule has 2 heterocycles. The Labute approximate surface area is 185 Å². The van der Waals surface area contributed by atoms with Gasteiger partial charge in [0.15, 0.2) is 0 Å². The number of methoxy groups -OCH3 is 1. The van der Waals surface area contributed by atoms with Gasteiger partial charge in [0.25, 0.3) is 0 Å². The minimum absolute atomic E-state index is 0.109. The molecule has 1 fully saturated rings. The fourth-order valence-electron chi connectivity index (χ4n) is 3.80. The highest BCUT2D eigenvalue weighted by Crippen LogP contribution is 2.28. The molecular weight excluding hydrogens is 415 g/mol. The molecule has 6 nitrogen and oxygen atoms in total. The first-order chi connectivity index (χ1) is 15.0. The minimum atomic E-state index is -0.264. The van der Waals surface area contributed by atoms with Gasteiger partial charge in [-0.3, -0.25) is 9.69 Å². The summed E-state index contributed by atoms with van der Waals surface area (Å²) >= 11 is 1.60. The molecule has 0 radical (unpaired) electrons. The molecule has 0 aliphatic carbocycles. The first-order valence-electron chi connectivity index (χ1n) is 10.4. The summed E-state index contributed by atoms with van der Waals surface area (Å²) in [5.41, 5.74) is 2.79. The Balaban J connectivity index is 1.26. The zero-order valence-electron chi connectivity index (χ0n) is 17.8. The van der Waals surface area contributed by atoms with Gasteiger partial charge in [0.2, 0.25) is 5.91 Å². The lowest BCUT2D eigenvalue weighted by Crippen LogP contribution is -2.48. The number of hydrogen-bond donors (Lipinski definition) is 1. The molecule has 8 heteroatoms. The van der Waals surface area contributed by atoms with Crippen LogP contribution in [0.3, 0.4) is 0 Å². The summed E-state index contributed by atoms with van der Waals surface area (Å²) in [5, 5.41) is 0.109. The van der Waals surface area contributed by atoms with E-state index in [0.717, 1.165) is 35.5 Å². The number of thioether (sulfide) groups is 1. The van der Waals surface area contributed by atoms with Crippen LogP contribution in [0.1, 0.15) is 23.6 Å². The molecule has 31 heavy (non-hydrogen) atoms. The molecule has 1 aliphatic rings. The molecule has 1 atom stereocenters. The van der Waals surface area contributed by atoms with Gasteiger partial charge < -0.3 is 14.6 Å². The first kappa shape index (κ1) is 21.6. The number of H-pyrrole nitrogens is 1. The van der Waals surface area contributed by atoms with Gasteiger partial charge in [-0.05, 0) is 37.3 Å². The zero-order valence-corrected chi connectivity index (χ0v) is 18.6. The Morgan fingerprint density at radius 1 is 1.23 bits per heavy atom. The lowest BCUT2D eigenvalue weighted by molar-refractivity contribution is -0.130. The summed E-state index contributed by atoms with van der Waals surface area (Å²) < 4.78 is 18.9. The van der Waals surface area contributed by atoms with E-state index in [9.17, 15) is 9.18 Å². The van der Waals surface area contributed by atoms with Gasteiger partial charge in [0.1, 0.15) is 17.4 Å². The van der Waals surface area contributed by atoms with Gasteiger partial charge in [-0.15, -0.1) is 11.8 Å². The third-order valence-corrected chi connectivity index (χ3v) is 6.75. The van der Waals surface area contributed by atoms with Gasteiger partial charge in [0, 0.05) is 38.3 Å². The van der Waals surface area contributed by atoms with E-state index in [2.05, 4.69) is 21.8 Å². The van der Waals surface area contributed by atoms with Crippen LogP contribution in [0.15, 0.2) is 42.5 Å². The highest BCUT2D eigenvalue weighted by atomic mass is 32.2. The smallest absolute Gasteiger partial charge is 0.232 e. The molecule has 1 N–H and O–H groups in total. The number of rotatable bonds is 7. The van der Waals surface area contributed by atoms with Crippen molar-refractivity contribution >= 4 is 28.7 Å². The first-order valence-corrected chi connectivity index (χ1v) is 11.5. The molecule has 1 saturated heterocycles. The quantitative estimate of drug-likeness (QED) is 0.602. The van der Waals surface area contributed by atoms with Crippen LogP contribution in [0.4, 0.5) is 4.39 Å². The molecule has 1 amide bonds. The van der Waals surface area contributed by atoms with E-state index in [1.165, 1.54) is 12.1 Å². The van der Waals surface area contributed by atoms with Crippen molar-refractivity contribution in [1.29, 1.82) is 0 Å². The molecule has 2 aromatic carbocycles. The number of benzene rings is 2. The summed E-state index contributed by atoms with van der Waals surface area (Å²) in [6.45, 7) is 5.55. The van der Waals surface area contributed by atoms with E-state index >= 15 is 0 Å². The molecule has 0 bridgehead atoms. The topological polar surface area (TPSA) is 61.5 Å². The number of nitrogens with zero attached hydrogens (tertiary/aromatic N) is 3. The number of carbonyl (C=O) groups is 1. The van der Waals surface area contributed by atoms with Crippen molar-refractivity contribution in [3.63, 3.8) is 0 Å². The summed E-state index contributed by atoms with van der Waals surface area (Å²) in [5.74, 6) is 1.90. The number of carbonyl (C=O) groups excluding carboxylic acids is 1. The Morgan fingerprint density at radius 3 is 2.74 bits per heavy atom. The molecular formula is C23H27FN4O2S. The standard InChI is InChI=1S/C23H27FN4O2S/c1-16(23-25-19-5-3-4-6-20(19)26-23)31-15-22(29)28-11-9-27(10-12-28)14-17-13-18(24)7-8-21(17)30-2/h3-8,13,16H,9-12,14-15H2,1-2H3,(H,25,26). The van der Waals surface area contributed by atoms with E-state index < -0.39 is 0 Å². The lowest BCUT2D eigenvalue weighted by Gasteiger charge is -2.35. The number of ether oxygens (including phenoxy) is 1. The molecule has 164 valence electrons. The SMILES string of the molecule is COc1ccc(F)cc1CN1CCN(C(=O)CSC(C)c2nc3ccccc3[nH]2)CC1. The average molecular weight is 443 g/mol. The van der Waals surface area contributed by atoms with Crippen LogP contribution in [0.25, 0.3) is 11.0 Å².